The zero-order valence-electron chi connectivity index (χ0n) is 10.00. The third-order valence-electron chi connectivity index (χ3n) is 2.52. The molecule has 0 bridgehead atoms. The molecular formula is C14H11Cl2NO. The van der Waals surface area contributed by atoms with Crippen LogP contribution < -0.4 is 0 Å². The summed E-state index contributed by atoms with van der Waals surface area (Å²) >= 11 is 11.9. The maximum Gasteiger partial charge on any atom is 0.194 e. The first-order valence-corrected chi connectivity index (χ1v) is 6.18. The van der Waals surface area contributed by atoms with E-state index in [4.69, 9.17) is 23.2 Å². The standard InChI is InChI=1S/C14H11Cl2NO/c1-8-5-10(6-9(2)17-8)14(18)12-7-11(15)3-4-13(12)16/h3-7H,1-2H3. The van der Waals surface area contributed by atoms with Gasteiger partial charge in [0.05, 0.1) is 5.02 Å². The largest absolute Gasteiger partial charge is 0.289 e. The van der Waals surface area contributed by atoms with Gasteiger partial charge in [0.15, 0.2) is 5.78 Å². The normalized spacial score (nSPS) is 10.4. The van der Waals surface area contributed by atoms with Crippen molar-refractivity contribution < 1.29 is 4.79 Å². The van der Waals surface area contributed by atoms with E-state index < -0.39 is 0 Å². The number of carbonyl (C=O) groups excluding carboxylic acids is 1. The molecule has 1 heterocycles. The lowest BCUT2D eigenvalue weighted by Crippen LogP contribution is -2.04. The zero-order valence-corrected chi connectivity index (χ0v) is 11.5. The van der Waals surface area contributed by atoms with E-state index in [9.17, 15) is 4.79 Å². The molecule has 1 aromatic carbocycles. The molecule has 0 radical (unpaired) electrons. The smallest absolute Gasteiger partial charge is 0.194 e. The highest BCUT2D eigenvalue weighted by Crippen LogP contribution is 2.23. The third-order valence-corrected chi connectivity index (χ3v) is 3.08. The van der Waals surface area contributed by atoms with Crippen LogP contribution in [-0.2, 0) is 0 Å². The molecule has 18 heavy (non-hydrogen) atoms. The molecule has 0 N–H and O–H groups in total. The highest BCUT2D eigenvalue weighted by molar-refractivity contribution is 6.36. The van der Waals surface area contributed by atoms with E-state index in [-0.39, 0.29) is 5.78 Å². The summed E-state index contributed by atoms with van der Waals surface area (Å²) in [5.41, 5.74) is 2.59. The van der Waals surface area contributed by atoms with Crippen molar-refractivity contribution in [3.63, 3.8) is 0 Å². The zero-order chi connectivity index (χ0) is 13.3. The minimum atomic E-state index is -0.142. The van der Waals surface area contributed by atoms with Crippen LogP contribution in [0.5, 0.6) is 0 Å². The maximum atomic E-state index is 12.4. The molecule has 1 aromatic heterocycles. The molecule has 2 nitrogen and oxygen atoms in total. The van der Waals surface area contributed by atoms with E-state index >= 15 is 0 Å². The van der Waals surface area contributed by atoms with Crippen molar-refractivity contribution in [3.8, 4) is 0 Å². The van der Waals surface area contributed by atoms with Crippen molar-refractivity contribution in [2.45, 2.75) is 13.8 Å². The predicted octanol–water partition coefficient (Wildman–Crippen LogP) is 4.24. The van der Waals surface area contributed by atoms with Crippen molar-refractivity contribution in [3.05, 3.63) is 62.9 Å². The summed E-state index contributed by atoms with van der Waals surface area (Å²) in [5, 5.41) is 0.891. The topological polar surface area (TPSA) is 30.0 Å². The van der Waals surface area contributed by atoms with Crippen molar-refractivity contribution in [2.75, 3.05) is 0 Å². The highest BCUT2D eigenvalue weighted by Gasteiger charge is 2.14. The number of pyridine rings is 1. The lowest BCUT2D eigenvalue weighted by molar-refractivity contribution is 0.103. The number of hydrogen-bond acceptors (Lipinski definition) is 2. The molecule has 0 amide bonds. The van der Waals surface area contributed by atoms with Crippen LogP contribution in [0, 0.1) is 13.8 Å². The van der Waals surface area contributed by atoms with Gasteiger partial charge in [-0.05, 0) is 44.2 Å². The molecular weight excluding hydrogens is 269 g/mol. The van der Waals surface area contributed by atoms with Gasteiger partial charge in [0.1, 0.15) is 0 Å². The fraction of sp³-hybridized carbons (Fsp3) is 0.143. The Morgan fingerprint density at radius 1 is 1.06 bits per heavy atom. The Hall–Kier alpha value is -1.38. The monoisotopic (exact) mass is 279 g/mol. The molecule has 0 saturated carbocycles. The van der Waals surface area contributed by atoms with Gasteiger partial charge in [-0.2, -0.15) is 0 Å². The predicted molar refractivity (Wildman–Crippen MR) is 73.6 cm³/mol. The lowest BCUT2D eigenvalue weighted by atomic mass is 10.0. The third kappa shape index (κ3) is 2.71. The van der Waals surface area contributed by atoms with Gasteiger partial charge >= 0.3 is 0 Å². The fourth-order valence-electron chi connectivity index (χ4n) is 1.79. The van der Waals surface area contributed by atoms with Crippen LogP contribution in [0.1, 0.15) is 27.3 Å². The van der Waals surface area contributed by atoms with Crippen LogP contribution in [0.25, 0.3) is 0 Å². The SMILES string of the molecule is Cc1cc(C(=O)c2cc(Cl)ccc2Cl)cc(C)n1. The van der Waals surface area contributed by atoms with E-state index in [1.807, 2.05) is 13.8 Å². The van der Waals surface area contributed by atoms with Crippen LogP contribution in [-0.4, -0.2) is 10.8 Å². The van der Waals surface area contributed by atoms with Crippen LogP contribution in [0.3, 0.4) is 0 Å². The molecule has 2 rings (SSSR count). The van der Waals surface area contributed by atoms with Gasteiger partial charge in [0.2, 0.25) is 0 Å². The van der Waals surface area contributed by atoms with E-state index in [1.165, 1.54) is 0 Å². The Morgan fingerprint density at radius 3 is 2.28 bits per heavy atom. The number of nitrogens with zero attached hydrogens (tertiary/aromatic N) is 1. The number of rotatable bonds is 2. The second kappa shape index (κ2) is 5.09. The Balaban J connectivity index is 2.51. The minimum Gasteiger partial charge on any atom is -0.289 e. The number of halogens is 2. The van der Waals surface area contributed by atoms with Gasteiger partial charge in [-0.1, -0.05) is 23.2 Å². The van der Waals surface area contributed by atoms with Crippen LogP contribution in [0.2, 0.25) is 10.0 Å². The van der Waals surface area contributed by atoms with Crippen molar-refractivity contribution in [2.24, 2.45) is 0 Å². The number of benzene rings is 1. The van der Waals surface area contributed by atoms with E-state index in [1.54, 1.807) is 30.3 Å². The van der Waals surface area contributed by atoms with Gasteiger partial charge in [-0.3, -0.25) is 9.78 Å². The first-order chi connectivity index (χ1) is 8.47. The van der Waals surface area contributed by atoms with Crippen LogP contribution >= 0.6 is 23.2 Å². The highest BCUT2D eigenvalue weighted by atomic mass is 35.5. The molecule has 2 aromatic rings. The molecule has 0 saturated heterocycles. The minimum absolute atomic E-state index is 0.142. The molecule has 0 aliphatic carbocycles. The number of hydrogen-bond donors (Lipinski definition) is 0. The van der Waals surface area contributed by atoms with Crippen LogP contribution in [0.4, 0.5) is 0 Å². The van der Waals surface area contributed by atoms with Gasteiger partial charge in [0, 0.05) is 27.5 Å². The van der Waals surface area contributed by atoms with Crippen molar-refractivity contribution in [1.82, 2.24) is 4.98 Å². The molecule has 4 heteroatoms. The summed E-state index contributed by atoms with van der Waals surface area (Å²) in [6.45, 7) is 3.70. The summed E-state index contributed by atoms with van der Waals surface area (Å²) in [6.07, 6.45) is 0. The summed E-state index contributed by atoms with van der Waals surface area (Å²) in [6, 6.07) is 8.35. The lowest BCUT2D eigenvalue weighted by Gasteiger charge is -2.06. The number of aryl methyl sites for hydroxylation is 2. The molecule has 0 aliphatic rings. The fourth-order valence-corrected chi connectivity index (χ4v) is 2.17. The molecule has 0 unspecified atom stereocenters. The first-order valence-electron chi connectivity index (χ1n) is 5.42. The van der Waals surface area contributed by atoms with E-state index in [2.05, 4.69) is 4.98 Å². The van der Waals surface area contributed by atoms with Gasteiger partial charge in [-0.25, -0.2) is 0 Å². The van der Waals surface area contributed by atoms with Gasteiger partial charge < -0.3 is 0 Å². The molecule has 0 atom stereocenters. The van der Waals surface area contributed by atoms with Gasteiger partial charge in [0.25, 0.3) is 0 Å². The molecule has 0 fully saturated rings. The molecule has 92 valence electrons. The van der Waals surface area contributed by atoms with E-state index in [0.717, 1.165) is 11.4 Å². The van der Waals surface area contributed by atoms with E-state index in [0.29, 0.717) is 21.2 Å². The number of carbonyl (C=O) groups is 1. The Kier molecular flexibility index (Phi) is 3.69. The Bertz CT molecular complexity index is 603. The number of ketones is 1. The van der Waals surface area contributed by atoms with Crippen LogP contribution in [0.15, 0.2) is 30.3 Å². The average molecular weight is 280 g/mol. The summed E-state index contributed by atoms with van der Waals surface area (Å²) < 4.78 is 0. The Labute approximate surface area is 116 Å². The molecule has 0 spiro atoms. The molecule has 0 aliphatic heterocycles. The summed E-state index contributed by atoms with van der Waals surface area (Å²) in [4.78, 5) is 16.6. The summed E-state index contributed by atoms with van der Waals surface area (Å²) in [7, 11) is 0. The Morgan fingerprint density at radius 2 is 1.67 bits per heavy atom. The second-order valence-corrected chi connectivity index (χ2v) is 4.94. The summed E-state index contributed by atoms with van der Waals surface area (Å²) in [5.74, 6) is -0.142. The number of aromatic nitrogens is 1. The van der Waals surface area contributed by atoms with Crippen molar-refractivity contribution in [1.29, 1.82) is 0 Å². The van der Waals surface area contributed by atoms with Gasteiger partial charge in [-0.15, -0.1) is 0 Å². The first kappa shape index (κ1) is 13.1. The second-order valence-electron chi connectivity index (χ2n) is 4.09. The maximum absolute atomic E-state index is 12.4. The quantitative estimate of drug-likeness (QED) is 0.770. The average Bonchev–Trinajstić information content (AvgIpc) is 2.30. The van der Waals surface area contributed by atoms with Crippen molar-refractivity contribution >= 4 is 29.0 Å².